The van der Waals surface area contributed by atoms with Crippen LogP contribution in [0, 0.1) is 24.0 Å². The molecule has 4 heteroatoms. The van der Waals surface area contributed by atoms with E-state index in [0.717, 1.165) is 22.4 Å². The number of hydrogen-bond donors (Lipinski definition) is 0. The molecule has 0 heterocycles. The monoisotopic (exact) mass is 463 g/mol. The van der Waals surface area contributed by atoms with Crippen molar-refractivity contribution in [2.75, 3.05) is 0 Å². The summed E-state index contributed by atoms with van der Waals surface area (Å²) >= 11 is 0. The molecule has 0 fully saturated rings. The second-order valence-electron chi connectivity index (χ2n) is 6.22. The molecule has 0 unspecified atom stereocenters. The smallest absolute Gasteiger partial charge is 0.269 e. The van der Waals surface area contributed by atoms with Gasteiger partial charge in [-0.15, -0.1) is 37.7 Å². The van der Waals surface area contributed by atoms with Crippen LogP contribution in [-0.2, 0) is 26.2 Å². The zero-order chi connectivity index (χ0) is 16.4. The summed E-state index contributed by atoms with van der Waals surface area (Å²) in [7, 11) is 0.750. The second kappa shape index (κ2) is 18.4. The maximum absolute atomic E-state index is 3.27. The van der Waals surface area contributed by atoms with Crippen molar-refractivity contribution in [3.8, 4) is 0 Å². The molecule has 137 valence electrons. The van der Waals surface area contributed by atoms with Crippen LogP contribution in [0.4, 0.5) is 0 Å². The van der Waals surface area contributed by atoms with Gasteiger partial charge in [-0.25, -0.2) is 11.1 Å². The fourth-order valence-corrected chi connectivity index (χ4v) is 2.48. The van der Waals surface area contributed by atoms with Gasteiger partial charge in [0.15, 0.2) is 0 Å². The normalized spacial score (nSPS) is 14.4. The molecular weight excluding hydrogens is 430 g/mol. The van der Waals surface area contributed by atoms with E-state index in [0.29, 0.717) is 11.8 Å². The van der Waals surface area contributed by atoms with Crippen LogP contribution in [-0.4, -0.2) is 9.52 Å². The first-order valence-corrected chi connectivity index (χ1v) is 10.5. The summed E-state index contributed by atoms with van der Waals surface area (Å²) < 4.78 is 0. The zero-order valence-electron chi connectivity index (χ0n) is 16.6. The Morgan fingerprint density at radius 1 is 0.792 bits per heavy atom. The predicted molar refractivity (Wildman–Crippen MR) is 113 cm³/mol. The molecule has 2 aliphatic carbocycles. The van der Waals surface area contributed by atoms with Gasteiger partial charge in [-0.1, -0.05) is 66.5 Å². The largest absolute Gasteiger partial charge is 2.00 e. The quantitative estimate of drug-likeness (QED) is 0.311. The summed E-state index contributed by atoms with van der Waals surface area (Å²) in [6, 6.07) is 0. The van der Waals surface area contributed by atoms with Gasteiger partial charge in [-0.3, -0.25) is 12.2 Å². The van der Waals surface area contributed by atoms with E-state index in [1.54, 1.807) is 0 Å². The number of halogens is 2. The van der Waals surface area contributed by atoms with Crippen molar-refractivity contribution < 1.29 is 26.2 Å². The summed E-state index contributed by atoms with van der Waals surface area (Å²) in [6.07, 6.45) is 13.1. The maximum atomic E-state index is 3.27. The first kappa shape index (κ1) is 32.3. The molecule has 1 radical (unpaired) electrons. The van der Waals surface area contributed by atoms with Crippen LogP contribution in [0.1, 0.15) is 54.4 Å². The Bertz CT molecular complexity index is 393. The fraction of sp³-hybridized carbons (Fsp3) is 0.600. The van der Waals surface area contributed by atoms with Gasteiger partial charge in [0, 0.05) is 9.52 Å². The average molecular weight is 466 g/mol. The summed E-state index contributed by atoms with van der Waals surface area (Å²) in [5.41, 5.74) is 5.67. The first-order chi connectivity index (χ1) is 9.84. The molecule has 0 spiro atoms. The van der Waals surface area contributed by atoms with Crippen molar-refractivity contribution in [3.63, 3.8) is 0 Å². The molecule has 2 rings (SSSR count). The molecule has 0 aliphatic heterocycles. The Morgan fingerprint density at radius 2 is 1.04 bits per heavy atom. The predicted octanol–water partition coefficient (Wildman–Crippen LogP) is 6.80. The van der Waals surface area contributed by atoms with Crippen LogP contribution in [0.2, 0.25) is 13.1 Å². The van der Waals surface area contributed by atoms with Crippen LogP contribution in [0.25, 0.3) is 0 Å². The molecule has 0 aromatic carbocycles. The van der Waals surface area contributed by atoms with E-state index in [4.69, 9.17) is 0 Å². The van der Waals surface area contributed by atoms with Crippen molar-refractivity contribution in [3.05, 3.63) is 46.6 Å². The maximum Gasteiger partial charge on any atom is 2.00 e. The van der Waals surface area contributed by atoms with Crippen molar-refractivity contribution in [1.82, 2.24) is 0 Å². The minimum absolute atomic E-state index is 0. The van der Waals surface area contributed by atoms with Crippen LogP contribution >= 0.6 is 24.8 Å². The van der Waals surface area contributed by atoms with Gasteiger partial charge in [0.2, 0.25) is 0 Å². The minimum Gasteiger partial charge on any atom is -0.269 e. The molecule has 2 aliphatic rings. The Kier molecular flexibility index (Phi) is 24.8. The summed E-state index contributed by atoms with van der Waals surface area (Å²) in [5.74, 6) is 1.36. The van der Waals surface area contributed by atoms with E-state index in [1.165, 1.54) is 22.3 Å². The molecule has 0 atom stereocenters. The van der Waals surface area contributed by atoms with Gasteiger partial charge < -0.3 is 0 Å². The summed E-state index contributed by atoms with van der Waals surface area (Å²) in [6.45, 7) is 17.6. The Labute approximate surface area is 185 Å². The molecule has 0 nitrogen and oxygen atoms in total. The van der Waals surface area contributed by atoms with Crippen molar-refractivity contribution >= 4 is 34.3 Å². The van der Waals surface area contributed by atoms with Gasteiger partial charge in [-0.2, -0.15) is 23.3 Å². The van der Waals surface area contributed by atoms with E-state index in [-0.39, 0.29) is 51.0 Å². The Hall–Kier alpha value is 0.640. The van der Waals surface area contributed by atoms with Gasteiger partial charge in [0.1, 0.15) is 0 Å². The minimum atomic E-state index is 0. The van der Waals surface area contributed by atoms with Gasteiger partial charge in [0.05, 0.1) is 0 Å². The number of allylic oxidation sites excluding steroid dienone is 8. The molecular formula is C20H35Cl2SiZr. The third kappa shape index (κ3) is 12.9. The van der Waals surface area contributed by atoms with E-state index < -0.39 is 0 Å². The van der Waals surface area contributed by atoms with E-state index >= 15 is 0 Å². The molecule has 0 amide bonds. The van der Waals surface area contributed by atoms with Crippen LogP contribution in [0.5, 0.6) is 0 Å². The van der Waals surface area contributed by atoms with Crippen molar-refractivity contribution in [2.45, 2.75) is 67.5 Å². The molecule has 0 aromatic rings. The third-order valence-corrected chi connectivity index (χ3v) is 3.49. The molecule has 0 saturated heterocycles. The van der Waals surface area contributed by atoms with Gasteiger partial charge >= 0.3 is 26.2 Å². The number of rotatable bonds is 2. The Morgan fingerprint density at radius 3 is 1.12 bits per heavy atom. The topological polar surface area (TPSA) is 0 Å². The van der Waals surface area contributed by atoms with E-state index in [9.17, 15) is 0 Å². The second-order valence-corrected chi connectivity index (χ2v) is 7.37. The SMILES string of the molecule is CC1=[C-]CC=C1C(C)C.CC1=[C-]CC=C1C(C)C.C[SiH]C.Cl.Cl.[Zr+2]. The average Bonchev–Trinajstić information content (AvgIpc) is 2.99. The van der Waals surface area contributed by atoms with Gasteiger partial charge in [0.25, 0.3) is 0 Å². The summed E-state index contributed by atoms with van der Waals surface area (Å²) in [4.78, 5) is 0. The molecule has 0 N–H and O–H groups in total. The molecule has 24 heavy (non-hydrogen) atoms. The fourth-order valence-electron chi connectivity index (χ4n) is 2.48. The number of hydrogen-bond acceptors (Lipinski definition) is 0. The molecule has 0 bridgehead atoms. The standard InChI is InChI=1S/2C9H13.C2H7Si.2ClH.Zr/c2*1-7(2)9-6-4-5-8(9)3;1-3-2;;;/h2*6-7H,4H2,1-3H3;3H,1-2H3;2*1H;/q2*-1;;;;+2. The van der Waals surface area contributed by atoms with E-state index in [1.807, 2.05) is 0 Å². The molecule has 0 aromatic heterocycles. The van der Waals surface area contributed by atoms with Crippen LogP contribution < -0.4 is 0 Å². The third-order valence-electron chi connectivity index (χ3n) is 3.49. The van der Waals surface area contributed by atoms with Crippen LogP contribution in [0.3, 0.4) is 0 Å². The zero-order valence-corrected chi connectivity index (χ0v) is 21.9. The van der Waals surface area contributed by atoms with E-state index in [2.05, 4.69) is 78.9 Å². The summed E-state index contributed by atoms with van der Waals surface area (Å²) in [5, 5.41) is 0. The molecule has 0 saturated carbocycles. The van der Waals surface area contributed by atoms with Crippen molar-refractivity contribution in [2.24, 2.45) is 11.8 Å². The van der Waals surface area contributed by atoms with Crippen molar-refractivity contribution in [1.29, 1.82) is 0 Å². The Balaban J connectivity index is -0.000000130. The van der Waals surface area contributed by atoms with Crippen LogP contribution in [0.15, 0.2) is 34.4 Å². The van der Waals surface area contributed by atoms with Gasteiger partial charge in [-0.05, 0) is 0 Å². The first-order valence-electron chi connectivity index (χ1n) is 8.14.